The van der Waals surface area contributed by atoms with Crippen LogP contribution >= 0.6 is 0 Å². The number of nitrogens with one attached hydrogen (secondary N) is 3. The van der Waals surface area contributed by atoms with Crippen LogP contribution < -0.4 is 16.0 Å². The van der Waals surface area contributed by atoms with E-state index >= 15 is 0 Å². The fourth-order valence-electron chi connectivity index (χ4n) is 2.32. The Morgan fingerprint density at radius 2 is 1.50 bits per heavy atom. The molecule has 3 N–H and O–H groups in total. The van der Waals surface area contributed by atoms with Crippen molar-refractivity contribution in [1.82, 2.24) is 5.32 Å². The number of anilines is 2. The number of carbonyl (C=O) groups excluding carboxylic acids is 2. The number of rotatable bonds is 12. The molecule has 0 aromatic heterocycles. The first kappa shape index (κ1) is 20.0. The van der Waals surface area contributed by atoms with Crippen molar-refractivity contribution in [2.75, 3.05) is 23.7 Å². The smallest absolute Gasteiger partial charge is 0.239 e. The van der Waals surface area contributed by atoms with Gasteiger partial charge in [-0.25, -0.2) is 0 Å². The Morgan fingerprint density at radius 3 is 2.17 bits per heavy atom. The number of benzene rings is 1. The Kier molecular flexibility index (Phi) is 10.3. The minimum Gasteiger partial charge on any atom is -0.376 e. The zero-order valence-electron chi connectivity index (χ0n) is 15.0. The summed E-state index contributed by atoms with van der Waals surface area (Å²) >= 11 is 0. The Labute approximate surface area is 145 Å². The number of hydrogen-bond acceptors (Lipinski definition) is 3. The van der Waals surface area contributed by atoms with Gasteiger partial charge in [0.2, 0.25) is 11.8 Å². The molecule has 1 aromatic rings. The molecule has 0 radical (unpaired) electrons. The highest BCUT2D eigenvalue weighted by Crippen LogP contribution is 2.13. The lowest BCUT2D eigenvalue weighted by molar-refractivity contribution is -0.119. The molecule has 0 aliphatic rings. The number of carbonyl (C=O) groups is 2. The molecule has 0 aliphatic carbocycles. The van der Waals surface area contributed by atoms with Crippen molar-refractivity contribution in [3.8, 4) is 0 Å². The summed E-state index contributed by atoms with van der Waals surface area (Å²) in [7, 11) is 0. The van der Waals surface area contributed by atoms with Crippen LogP contribution in [0, 0.1) is 0 Å². The quantitative estimate of drug-likeness (QED) is 0.508. The lowest BCUT2D eigenvalue weighted by Gasteiger charge is -2.09. The van der Waals surface area contributed by atoms with Crippen molar-refractivity contribution in [3.05, 3.63) is 24.3 Å². The first-order valence-corrected chi connectivity index (χ1v) is 9.06. The van der Waals surface area contributed by atoms with E-state index in [-0.39, 0.29) is 18.4 Å². The minimum absolute atomic E-state index is 0.00539. The zero-order valence-corrected chi connectivity index (χ0v) is 15.0. The summed E-state index contributed by atoms with van der Waals surface area (Å²) in [5.74, 6) is 0.0299. The predicted molar refractivity (Wildman–Crippen MR) is 100 cm³/mol. The zero-order chi connectivity index (χ0) is 17.6. The highest BCUT2D eigenvalue weighted by atomic mass is 16.2. The summed E-state index contributed by atoms with van der Waals surface area (Å²) in [6, 6.07) is 7.39. The fourth-order valence-corrected chi connectivity index (χ4v) is 2.32. The molecule has 1 aromatic carbocycles. The molecule has 0 fully saturated rings. The van der Waals surface area contributed by atoms with E-state index in [4.69, 9.17) is 0 Å². The first-order chi connectivity index (χ1) is 11.7. The molecular formula is C19H31N3O2. The van der Waals surface area contributed by atoms with Gasteiger partial charge >= 0.3 is 0 Å². The van der Waals surface area contributed by atoms with Crippen molar-refractivity contribution in [2.24, 2.45) is 0 Å². The third-order valence-corrected chi connectivity index (χ3v) is 3.70. The maximum absolute atomic E-state index is 11.8. The second-order valence-electron chi connectivity index (χ2n) is 5.99. The monoisotopic (exact) mass is 333 g/mol. The molecule has 0 saturated heterocycles. The van der Waals surface area contributed by atoms with Gasteiger partial charge in [-0.1, -0.05) is 39.5 Å². The summed E-state index contributed by atoms with van der Waals surface area (Å²) < 4.78 is 0. The van der Waals surface area contributed by atoms with Crippen molar-refractivity contribution < 1.29 is 9.59 Å². The van der Waals surface area contributed by atoms with Gasteiger partial charge in [-0.3, -0.25) is 9.59 Å². The fraction of sp³-hybridized carbons (Fsp3) is 0.579. The molecule has 2 amide bonds. The van der Waals surface area contributed by atoms with Crippen molar-refractivity contribution in [3.63, 3.8) is 0 Å². The van der Waals surface area contributed by atoms with Gasteiger partial charge in [0.25, 0.3) is 0 Å². The lowest BCUT2D eigenvalue weighted by Crippen LogP contribution is -2.30. The van der Waals surface area contributed by atoms with Crippen LogP contribution in [-0.4, -0.2) is 24.9 Å². The molecular weight excluding hydrogens is 302 g/mol. The molecule has 0 bridgehead atoms. The van der Waals surface area contributed by atoms with E-state index < -0.39 is 0 Å². The molecule has 0 heterocycles. The maximum atomic E-state index is 11.8. The summed E-state index contributed by atoms with van der Waals surface area (Å²) in [5.41, 5.74) is 1.64. The topological polar surface area (TPSA) is 70.2 Å². The van der Waals surface area contributed by atoms with Crippen molar-refractivity contribution in [1.29, 1.82) is 0 Å². The van der Waals surface area contributed by atoms with Crippen LogP contribution in [-0.2, 0) is 9.59 Å². The molecule has 5 heteroatoms. The van der Waals surface area contributed by atoms with Gasteiger partial charge in [-0.05, 0) is 37.1 Å². The van der Waals surface area contributed by atoms with Gasteiger partial charge in [-0.15, -0.1) is 0 Å². The van der Waals surface area contributed by atoms with Crippen molar-refractivity contribution in [2.45, 2.75) is 58.8 Å². The molecule has 0 aliphatic heterocycles. The van der Waals surface area contributed by atoms with Crippen LogP contribution in [0.2, 0.25) is 0 Å². The van der Waals surface area contributed by atoms with Crippen molar-refractivity contribution >= 4 is 23.2 Å². The van der Waals surface area contributed by atoms with Crippen LogP contribution in [0.3, 0.4) is 0 Å². The molecule has 0 saturated carbocycles. The van der Waals surface area contributed by atoms with E-state index in [1.54, 1.807) is 0 Å². The molecule has 0 spiro atoms. The van der Waals surface area contributed by atoms with E-state index in [0.29, 0.717) is 6.42 Å². The Morgan fingerprint density at radius 1 is 0.833 bits per heavy atom. The molecule has 24 heavy (non-hydrogen) atoms. The highest BCUT2D eigenvalue weighted by molar-refractivity contribution is 5.90. The number of amides is 2. The van der Waals surface area contributed by atoms with Gasteiger partial charge < -0.3 is 16.0 Å². The summed E-state index contributed by atoms with van der Waals surface area (Å²) in [6.45, 7) is 5.17. The number of unbranched alkanes of at least 4 members (excludes halogenated alkanes) is 4. The second kappa shape index (κ2) is 12.4. The summed E-state index contributed by atoms with van der Waals surface area (Å²) in [5, 5.41) is 8.85. The lowest BCUT2D eigenvalue weighted by atomic mass is 10.1. The maximum Gasteiger partial charge on any atom is 0.239 e. The SMILES string of the molecule is CCCCCCCNC(=O)CNc1ccc(NC(=O)CCC)cc1. The van der Waals surface area contributed by atoms with E-state index in [1.807, 2.05) is 31.2 Å². The van der Waals surface area contributed by atoms with Crippen LogP contribution in [0.1, 0.15) is 58.8 Å². The molecule has 1 rings (SSSR count). The van der Waals surface area contributed by atoms with Crippen LogP contribution in [0.4, 0.5) is 11.4 Å². The Hall–Kier alpha value is -2.04. The molecule has 134 valence electrons. The first-order valence-electron chi connectivity index (χ1n) is 9.06. The summed E-state index contributed by atoms with van der Waals surface area (Å²) in [6.07, 6.45) is 7.32. The average molecular weight is 333 g/mol. The standard InChI is InChI=1S/C19H31N3O2/c1-3-5-6-7-8-14-20-19(24)15-21-16-10-12-17(13-11-16)22-18(23)9-4-2/h10-13,21H,3-9,14-15H2,1-2H3,(H,20,24)(H,22,23). The third kappa shape index (κ3) is 9.18. The van der Waals surface area contributed by atoms with Crippen LogP contribution in [0.15, 0.2) is 24.3 Å². The van der Waals surface area contributed by atoms with E-state index in [0.717, 1.165) is 30.8 Å². The van der Waals surface area contributed by atoms with Crippen LogP contribution in [0.5, 0.6) is 0 Å². The summed E-state index contributed by atoms with van der Waals surface area (Å²) in [4.78, 5) is 23.3. The van der Waals surface area contributed by atoms with Gasteiger partial charge in [-0.2, -0.15) is 0 Å². The molecule has 5 nitrogen and oxygen atoms in total. The average Bonchev–Trinajstić information content (AvgIpc) is 2.57. The Bertz CT molecular complexity index is 486. The minimum atomic E-state index is 0.00539. The number of hydrogen-bond donors (Lipinski definition) is 3. The van der Waals surface area contributed by atoms with Gasteiger partial charge in [0.1, 0.15) is 0 Å². The van der Waals surface area contributed by atoms with Crippen LogP contribution in [0.25, 0.3) is 0 Å². The Balaban J connectivity index is 2.20. The third-order valence-electron chi connectivity index (χ3n) is 3.70. The molecule has 0 unspecified atom stereocenters. The van der Waals surface area contributed by atoms with Gasteiger partial charge in [0, 0.05) is 24.3 Å². The van der Waals surface area contributed by atoms with E-state index in [1.165, 1.54) is 25.7 Å². The normalized spacial score (nSPS) is 10.2. The van der Waals surface area contributed by atoms with E-state index in [9.17, 15) is 9.59 Å². The molecule has 0 atom stereocenters. The largest absolute Gasteiger partial charge is 0.376 e. The van der Waals surface area contributed by atoms with E-state index in [2.05, 4.69) is 22.9 Å². The van der Waals surface area contributed by atoms with Gasteiger partial charge in [0.05, 0.1) is 6.54 Å². The predicted octanol–water partition coefficient (Wildman–Crippen LogP) is 3.92. The van der Waals surface area contributed by atoms with Gasteiger partial charge in [0.15, 0.2) is 0 Å². The second-order valence-corrected chi connectivity index (χ2v) is 5.99. The highest BCUT2D eigenvalue weighted by Gasteiger charge is 2.02.